The minimum atomic E-state index is -0.643. The highest BCUT2D eigenvalue weighted by molar-refractivity contribution is 7.98. The summed E-state index contributed by atoms with van der Waals surface area (Å²) in [4.78, 5) is 14.7. The lowest BCUT2D eigenvalue weighted by atomic mass is 9.91. The van der Waals surface area contributed by atoms with Crippen molar-refractivity contribution in [3.8, 4) is 0 Å². The molecule has 1 heterocycles. The molecular formula is C15H21NO2S. The van der Waals surface area contributed by atoms with Gasteiger partial charge in [0.2, 0.25) is 0 Å². The van der Waals surface area contributed by atoms with E-state index in [1.165, 1.54) is 10.5 Å². The molecule has 1 aromatic rings. The number of carboxylic acids is 1. The quantitative estimate of drug-likeness (QED) is 0.860. The highest BCUT2D eigenvalue weighted by Crippen LogP contribution is 2.25. The smallest absolute Gasteiger partial charge is 0.306 e. The van der Waals surface area contributed by atoms with E-state index in [1.54, 1.807) is 11.8 Å². The zero-order chi connectivity index (χ0) is 13.8. The Morgan fingerprint density at radius 1 is 1.42 bits per heavy atom. The molecule has 2 rings (SSSR count). The molecule has 1 N–H and O–H groups in total. The fourth-order valence-corrected chi connectivity index (χ4v) is 3.05. The summed E-state index contributed by atoms with van der Waals surface area (Å²) in [6.07, 6.45) is 3.61. The molecule has 104 valence electrons. The van der Waals surface area contributed by atoms with Crippen LogP contribution in [0.3, 0.4) is 0 Å². The molecule has 1 aliphatic heterocycles. The molecule has 3 nitrogen and oxygen atoms in total. The first-order chi connectivity index (χ1) is 9.10. The van der Waals surface area contributed by atoms with Gasteiger partial charge in [-0.15, -0.1) is 11.8 Å². The molecule has 0 aliphatic carbocycles. The Hall–Kier alpha value is -1.00. The van der Waals surface area contributed by atoms with Crippen molar-refractivity contribution in [2.45, 2.75) is 37.2 Å². The van der Waals surface area contributed by atoms with Gasteiger partial charge in [0.1, 0.15) is 0 Å². The number of hydrogen-bond acceptors (Lipinski definition) is 3. The maximum Gasteiger partial charge on any atom is 0.306 e. The Balaban J connectivity index is 1.94. The van der Waals surface area contributed by atoms with Crippen LogP contribution in [-0.4, -0.2) is 34.8 Å². The highest BCUT2D eigenvalue weighted by Gasteiger charge is 2.29. The van der Waals surface area contributed by atoms with E-state index in [1.807, 2.05) is 0 Å². The Bertz CT molecular complexity index is 432. The predicted molar refractivity (Wildman–Crippen MR) is 78.5 cm³/mol. The lowest BCUT2D eigenvalue weighted by molar-refractivity contribution is -0.144. The summed E-state index contributed by atoms with van der Waals surface area (Å²) in [5.74, 6) is -0.805. The molecule has 0 spiro atoms. The maximum atomic E-state index is 11.0. The van der Waals surface area contributed by atoms with Gasteiger partial charge in [-0.2, -0.15) is 0 Å². The number of hydrogen-bond donors (Lipinski definition) is 1. The van der Waals surface area contributed by atoms with E-state index in [9.17, 15) is 4.79 Å². The summed E-state index contributed by atoms with van der Waals surface area (Å²) >= 11 is 1.75. The number of nitrogens with zero attached hydrogens (tertiary/aromatic N) is 1. The molecule has 0 radical (unpaired) electrons. The molecular weight excluding hydrogens is 258 g/mol. The number of carboxylic acid groups (broad SMARTS) is 1. The van der Waals surface area contributed by atoms with Gasteiger partial charge in [0.25, 0.3) is 0 Å². The summed E-state index contributed by atoms with van der Waals surface area (Å²) in [6.45, 7) is 3.93. The van der Waals surface area contributed by atoms with Crippen LogP contribution in [0.25, 0.3) is 0 Å². The van der Waals surface area contributed by atoms with Crippen molar-refractivity contribution in [3.63, 3.8) is 0 Å². The Morgan fingerprint density at radius 2 is 2.11 bits per heavy atom. The molecule has 1 aromatic carbocycles. The molecule has 0 saturated carbocycles. The van der Waals surface area contributed by atoms with Crippen molar-refractivity contribution in [1.29, 1.82) is 0 Å². The van der Waals surface area contributed by atoms with E-state index in [0.29, 0.717) is 6.04 Å². The van der Waals surface area contributed by atoms with Gasteiger partial charge < -0.3 is 5.11 Å². The third kappa shape index (κ3) is 3.74. The highest BCUT2D eigenvalue weighted by atomic mass is 32.2. The molecule has 0 bridgehead atoms. The van der Waals surface area contributed by atoms with E-state index < -0.39 is 5.97 Å². The molecule has 2 atom stereocenters. The van der Waals surface area contributed by atoms with Crippen LogP contribution in [0.2, 0.25) is 0 Å². The number of aliphatic carboxylic acids is 1. The van der Waals surface area contributed by atoms with Crippen LogP contribution in [0.1, 0.15) is 25.3 Å². The number of carbonyl (C=O) groups is 1. The van der Waals surface area contributed by atoms with Crippen LogP contribution in [0.4, 0.5) is 0 Å². The topological polar surface area (TPSA) is 40.5 Å². The van der Waals surface area contributed by atoms with Crippen molar-refractivity contribution >= 4 is 17.7 Å². The largest absolute Gasteiger partial charge is 0.481 e. The lowest BCUT2D eigenvalue weighted by Gasteiger charge is -2.36. The van der Waals surface area contributed by atoms with E-state index >= 15 is 0 Å². The molecule has 1 saturated heterocycles. The predicted octanol–water partition coefficient (Wildman–Crippen LogP) is 3.09. The first kappa shape index (κ1) is 14.4. The summed E-state index contributed by atoms with van der Waals surface area (Å²) in [5, 5.41) is 9.07. The van der Waals surface area contributed by atoms with Crippen molar-refractivity contribution in [2.24, 2.45) is 5.92 Å². The summed E-state index contributed by atoms with van der Waals surface area (Å²) in [7, 11) is 0. The van der Waals surface area contributed by atoms with Crippen molar-refractivity contribution in [1.82, 2.24) is 4.90 Å². The standard InChI is InChI=1S/C15H21NO2S/c1-11-9-13(15(17)18)7-8-16(11)10-12-3-5-14(19-2)6-4-12/h3-6,11,13H,7-10H2,1-2H3,(H,17,18). The Labute approximate surface area is 119 Å². The minimum absolute atomic E-state index is 0.162. The molecule has 0 aromatic heterocycles. The van der Waals surface area contributed by atoms with Gasteiger partial charge in [0.15, 0.2) is 0 Å². The summed E-state index contributed by atoms with van der Waals surface area (Å²) in [5.41, 5.74) is 1.30. The second-order valence-corrected chi connectivity index (χ2v) is 6.11. The van der Waals surface area contributed by atoms with Crippen LogP contribution in [-0.2, 0) is 11.3 Å². The van der Waals surface area contributed by atoms with Crippen molar-refractivity contribution in [3.05, 3.63) is 29.8 Å². The number of rotatable bonds is 4. The van der Waals surface area contributed by atoms with Gasteiger partial charge in [-0.1, -0.05) is 12.1 Å². The molecule has 4 heteroatoms. The van der Waals surface area contributed by atoms with E-state index in [-0.39, 0.29) is 5.92 Å². The van der Waals surface area contributed by atoms with Crippen LogP contribution in [0, 0.1) is 5.92 Å². The first-order valence-corrected chi connectivity index (χ1v) is 7.92. The molecule has 2 unspecified atom stereocenters. The van der Waals surface area contributed by atoms with Gasteiger partial charge in [-0.3, -0.25) is 9.69 Å². The summed E-state index contributed by atoms with van der Waals surface area (Å²) in [6, 6.07) is 8.97. The van der Waals surface area contributed by atoms with Crippen LogP contribution < -0.4 is 0 Å². The van der Waals surface area contributed by atoms with E-state index in [4.69, 9.17) is 5.11 Å². The minimum Gasteiger partial charge on any atom is -0.481 e. The van der Waals surface area contributed by atoms with E-state index in [0.717, 1.165) is 25.9 Å². The van der Waals surface area contributed by atoms with Crippen LogP contribution >= 0.6 is 11.8 Å². The number of likely N-dealkylation sites (tertiary alicyclic amines) is 1. The number of benzene rings is 1. The molecule has 1 aliphatic rings. The average Bonchev–Trinajstić information content (AvgIpc) is 2.41. The van der Waals surface area contributed by atoms with E-state index in [2.05, 4.69) is 42.3 Å². The number of piperidine rings is 1. The monoisotopic (exact) mass is 279 g/mol. The molecule has 1 fully saturated rings. The fraction of sp³-hybridized carbons (Fsp3) is 0.533. The molecule has 0 amide bonds. The second kappa shape index (κ2) is 6.44. The first-order valence-electron chi connectivity index (χ1n) is 6.70. The third-order valence-electron chi connectivity index (χ3n) is 3.91. The molecule has 19 heavy (non-hydrogen) atoms. The Kier molecular flexibility index (Phi) is 4.88. The van der Waals surface area contributed by atoms with Gasteiger partial charge in [0, 0.05) is 17.5 Å². The van der Waals surface area contributed by atoms with Gasteiger partial charge in [-0.25, -0.2) is 0 Å². The van der Waals surface area contributed by atoms with Gasteiger partial charge in [-0.05, 0) is 50.3 Å². The van der Waals surface area contributed by atoms with Gasteiger partial charge in [0.05, 0.1) is 5.92 Å². The second-order valence-electron chi connectivity index (χ2n) is 5.23. The summed E-state index contributed by atoms with van der Waals surface area (Å²) < 4.78 is 0. The normalized spacial score (nSPS) is 24.3. The third-order valence-corrected chi connectivity index (χ3v) is 4.65. The van der Waals surface area contributed by atoms with Gasteiger partial charge >= 0.3 is 5.97 Å². The fourth-order valence-electron chi connectivity index (χ4n) is 2.65. The van der Waals surface area contributed by atoms with Crippen LogP contribution in [0.5, 0.6) is 0 Å². The maximum absolute atomic E-state index is 11.0. The number of thioether (sulfide) groups is 1. The van der Waals surface area contributed by atoms with Crippen molar-refractivity contribution < 1.29 is 9.90 Å². The average molecular weight is 279 g/mol. The van der Waals surface area contributed by atoms with Crippen molar-refractivity contribution in [2.75, 3.05) is 12.8 Å². The zero-order valence-electron chi connectivity index (χ0n) is 11.5. The SMILES string of the molecule is CSc1ccc(CN2CCC(C(=O)O)CC2C)cc1. The Morgan fingerprint density at radius 3 is 2.63 bits per heavy atom. The van der Waals surface area contributed by atoms with Crippen LogP contribution in [0.15, 0.2) is 29.2 Å². The zero-order valence-corrected chi connectivity index (χ0v) is 12.3. The lowest BCUT2D eigenvalue weighted by Crippen LogP contribution is -2.42.